The average molecular weight is 814 g/mol. The van der Waals surface area contributed by atoms with Gasteiger partial charge in [-0.1, -0.05) is 205 Å². The van der Waals surface area contributed by atoms with E-state index in [-0.39, 0.29) is 0 Å². The van der Waals surface area contributed by atoms with Crippen molar-refractivity contribution in [2.45, 2.75) is 288 Å². The lowest BCUT2D eigenvalue weighted by molar-refractivity contribution is 0.0419. The first-order valence-electron chi connectivity index (χ1n) is 25.7. The summed E-state index contributed by atoms with van der Waals surface area (Å²) in [6.45, 7) is 57.5. The molecule has 0 aromatic heterocycles. The van der Waals surface area contributed by atoms with E-state index >= 15 is 0 Å². The third-order valence-corrected chi connectivity index (χ3v) is 16.1. The molecule has 0 radical (unpaired) electrons. The highest BCUT2D eigenvalue weighted by Gasteiger charge is 2.45. The number of rotatable bonds is 3. The summed E-state index contributed by atoms with van der Waals surface area (Å²) in [5.41, 5.74) is 4.77. The fourth-order valence-corrected chi connectivity index (χ4v) is 12.3. The third kappa shape index (κ3) is 21.9. The van der Waals surface area contributed by atoms with Crippen LogP contribution < -0.4 is 0 Å². The quantitative estimate of drug-likeness (QED) is 0.266. The molecule has 0 saturated heterocycles. The Labute approximate surface area is 371 Å². The molecule has 0 unspecified atom stereocenters. The molecule has 0 aromatic rings. The monoisotopic (exact) mass is 813 g/mol. The lowest BCUT2D eigenvalue weighted by Crippen LogP contribution is -2.36. The topological polar surface area (TPSA) is 0 Å². The minimum Gasteiger partial charge on any atom is -0.0602 e. The Morgan fingerprint density at radius 3 is 0.707 bits per heavy atom. The summed E-state index contributed by atoms with van der Waals surface area (Å²) in [5.74, 6) is 5.86. The van der Waals surface area contributed by atoms with Gasteiger partial charge in [-0.25, -0.2) is 0 Å². The Hall–Kier alpha value is 0. The van der Waals surface area contributed by atoms with Gasteiger partial charge < -0.3 is 0 Å². The molecule has 0 amide bonds. The van der Waals surface area contributed by atoms with E-state index < -0.39 is 0 Å². The van der Waals surface area contributed by atoms with Crippen molar-refractivity contribution in [3.05, 3.63) is 0 Å². The summed E-state index contributed by atoms with van der Waals surface area (Å²) in [5, 5.41) is 0. The first-order chi connectivity index (χ1) is 25.7. The van der Waals surface area contributed by atoms with Crippen LogP contribution in [0.1, 0.15) is 288 Å². The number of hydrogen-bond donors (Lipinski definition) is 0. The Morgan fingerprint density at radius 2 is 0.534 bits per heavy atom. The molecule has 4 saturated carbocycles. The van der Waals surface area contributed by atoms with Crippen LogP contribution in [0.2, 0.25) is 0 Å². The van der Waals surface area contributed by atoms with Crippen LogP contribution in [0.3, 0.4) is 0 Å². The molecule has 0 heterocycles. The summed E-state index contributed by atoms with van der Waals surface area (Å²) < 4.78 is 0. The van der Waals surface area contributed by atoms with Crippen LogP contribution in [0.4, 0.5) is 0 Å². The van der Waals surface area contributed by atoms with Gasteiger partial charge in [0.1, 0.15) is 0 Å². The fraction of sp³-hybridized carbons (Fsp3) is 1.00. The summed E-state index contributed by atoms with van der Waals surface area (Å²) in [7, 11) is 0. The Kier molecular flexibility index (Phi) is 20.8. The standard InChI is InChI=1S/2C15H30.2C14H28/c2*1-14(2,3)11-12-7-9-13(10-8-12)15(4,5)6;1-13(2,3)11-7-9-12(10-8-11)14(4,5)6;1-12(2,3)11-14(13(4,5)6)9-7-8-10-14/h2*12-13H,7-11H2,1-6H3;11-12H,7-10H2,1-6H3;7-11H2,1-6H3. The van der Waals surface area contributed by atoms with E-state index in [1.807, 2.05) is 0 Å². The van der Waals surface area contributed by atoms with E-state index in [1.165, 1.54) is 122 Å². The highest BCUT2D eigenvalue weighted by molar-refractivity contribution is 4.96. The first-order valence-corrected chi connectivity index (χ1v) is 25.7. The smallest absolute Gasteiger partial charge is 0.0244 e. The van der Waals surface area contributed by atoms with Gasteiger partial charge >= 0.3 is 0 Å². The van der Waals surface area contributed by atoms with Gasteiger partial charge in [0, 0.05) is 0 Å². The van der Waals surface area contributed by atoms with E-state index in [0.717, 1.165) is 35.5 Å². The molecule has 0 aromatic carbocycles. The molecule has 0 N–H and O–H groups in total. The van der Waals surface area contributed by atoms with Crippen molar-refractivity contribution in [2.75, 3.05) is 0 Å². The van der Waals surface area contributed by atoms with E-state index in [0.29, 0.717) is 48.7 Å². The van der Waals surface area contributed by atoms with Crippen LogP contribution in [0.25, 0.3) is 0 Å². The second-order valence-electron chi connectivity index (χ2n) is 30.5. The molecular formula is C58H116. The molecule has 0 atom stereocenters. The Morgan fingerprint density at radius 1 is 0.310 bits per heavy atom. The van der Waals surface area contributed by atoms with E-state index in [1.54, 1.807) is 0 Å². The summed E-state index contributed by atoms with van der Waals surface area (Å²) >= 11 is 0. The highest BCUT2D eigenvalue weighted by Crippen LogP contribution is 2.56. The van der Waals surface area contributed by atoms with Gasteiger partial charge in [0.15, 0.2) is 0 Å². The first kappa shape index (κ1) is 56.0. The van der Waals surface area contributed by atoms with Crippen molar-refractivity contribution in [1.82, 2.24) is 0 Å². The van der Waals surface area contributed by atoms with Gasteiger partial charge in [0.25, 0.3) is 0 Å². The van der Waals surface area contributed by atoms with Crippen molar-refractivity contribution in [3.63, 3.8) is 0 Å². The second-order valence-corrected chi connectivity index (χ2v) is 30.5. The predicted molar refractivity (Wildman–Crippen MR) is 267 cm³/mol. The maximum atomic E-state index is 2.43. The van der Waals surface area contributed by atoms with Gasteiger partial charge in [0.2, 0.25) is 0 Å². The van der Waals surface area contributed by atoms with Gasteiger partial charge in [-0.2, -0.15) is 0 Å². The molecule has 4 fully saturated rings. The summed E-state index contributed by atoms with van der Waals surface area (Å²) in [6.07, 6.45) is 27.6. The van der Waals surface area contributed by atoms with Crippen LogP contribution in [-0.4, -0.2) is 0 Å². The van der Waals surface area contributed by atoms with Crippen LogP contribution in [-0.2, 0) is 0 Å². The minimum atomic E-state index is 0.483. The molecule has 4 aliphatic carbocycles. The summed E-state index contributed by atoms with van der Waals surface area (Å²) in [6, 6.07) is 0. The zero-order chi connectivity index (χ0) is 45.4. The SMILES string of the molecule is CC(C)(C)C1CCC(C(C)(C)C)CC1.CC(C)(C)CC1(C(C)(C)C)CCCC1.CC(C)(C)CC1CCC(C(C)(C)C)CC1.CC(C)(C)CC1CCC(C(C)(C)C)CC1. The van der Waals surface area contributed by atoms with Crippen molar-refractivity contribution in [3.8, 4) is 0 Å². The lowest BCUT2D eigenvalue weighted by atomic mass is 9.59. The van der Waals surface area contributed by atoms with Crippen molar-refractivity contribution >= 4 is 0 Å². The molecule has 0 bridgehead atoms. The van der Waals surface area contributed by atoms with Gasteiger partial charge in [-0.3, -0.25) is 0 Å². The molecule has 0 nitrogen and oxygen atoms in total. The van der Waals surface area contributed by atoms with E-state index in [4.69, 9.17) is 0 Å². The van der Waals surface area contributed by atoms with Crippen LogP contribution in [0, 0.1) is 84.2 Å². The average Bonchev–Trinajstić information content (AvgIpc) is 3.48. The fourth-order valence-electron chi connectivity index (χ4n) is 12.3. The number of hydrogen-bond acceptors (Lipinski definition) is 0. The molecule has 0 heteroatoms. The van der Waals surface area contributed by atoms with Gasteiger partial charge in [0.05, 0.1) is 0 Å². The highest BCUT2D eigenvalue weighted by atomic mass is 14.5. The van der Waals surface area contributed by atoms with Gasteiger partial charge in [-0.05, 0) is 168 Å². The third-order valence-electron chi connectivity index (χ3n) is 16.1. The Balaban J connectivity index is 0.000000387. The molecule has 58 heavy (non-hydrogen) atoms. The van der Waals surface area contributed by atoms with Gasteiger partial charge in [-0.15, -0.1) is 0 Å². The van der Waals surface area contributed by atoms with Crippen molar-refractivity contribution in [2.24, 2.45) is 84.2 Å². The van der Waals surface area contributed by atoms with Crippen LogP contribution >= 0.6 is 0 Å². The van der Waals surface area contributed by atoms with Crippen LogP contribution in [0.15, 0.2) is 0 Å². The lowest BCUT2D eigenvalue weighted by Gasteiger charge is -2.46. The molecule has 348 valence electrons. The van der Waals surface area contributed by atoms with E-state index in [2.05, 4.69) is 166 Å². The maximum absolute atomic E-state index is 2.43. The Bertz CT molecular complexity index is 1010. The zero-order valence-corrected chi connectivity index (χ0v) is 45.4. The summed E-state index contributed by atoms with van der Waals surface area (Å²) in [4.78, 5) is 0. The van der Waals surface area contributed by atoms with E-state index in [9.17, 15) is 0 Å². The largest absolute Gasteiger partial charge is 0.0602 e. The molecule has 4 rings (SSSR count). The van der Waals surface area contributed by atoms with Crippen molar-refractivity contribution < 1.29 is 0 Å². The second kappa shape index (κ2) is 21.6. The molecule has 0 spiro atoms. The maximum Gasteiger partial charge on any atom is -0.0244 e. The van der Waals surface area contributed by atoms with Crippen LogP contribution in [0.5, 0.6) is 0 Å². The minimum absolute atomic E-state index is 0.483. The molecule has 4 aliphatic rings. The predicted octanol–water partition coefficient (Wildman–Crippen LogP) is 20.5. The molecular weight excluding hydrogens is 697 g/mol. The van der Waals surface area contributed by atoms with Crippen molar-refractivity contribution in [1.29, 1.82) is 0 Å². The molecule has 0 aliphatic heterocycles. The normalized spacial score (nSPS) is 27.9. The zero-order valence-electron chi connectivity index (χ0n) is 45.4.